The molecule has 0 heterocycles. The molecule has 146 valence electrons. The molecule has 0 aromatic heterocycles. The Morgan fingerprint density at radius 2 is 1.96 bits per heavy atom. The largest absolute Gasteiger partial charge is 0.494 e. The van der Waals surface area contributed by atoms with Crippen LogP contribution in [0.5, 0.6) is 5.75 Å². The Morgan fingerprint density at radius 1 is 1.19 bits per heavy atom. The summed E-state index contributed by atoms with van der Waals surface area (Å²) in [5.41, 5.74) is 10.5. The van der Waals surface area contributed by atoms with E-state index in [0.29, 0.717) is 31.1 Å². The van der Waals surface area contributed by atoms with Crippen molar-refractivity contribution in [2.75, 3.05) is 6.61 Å². The molecule has 0 spiro atoms. The van der Waals surface area contributed by atoms with Gasteiger partial charge in [-0.25, -0.2) is 0 Å². The van der Waals surface area contributed by atoms with E-state index in [9.17, 15) is 4.79 Å². The third kappa shape index (κ3) is 5.82. The van der Waals surface area contributed by atoms with E-state index in [2.05, 4.69) is 42.5 Å². The summed E-state index contributed by atoms with van der Waals surface area (Å²) >= 11 is 0. The van der Waals surface area contributed by atoms with Crippen LogP contribution in [0, 0.1) is 0 Å². The molecule has 0 amide bonds. The Balaban J connectivity index is 0.00000261. The highest BCUT2D eigenvalue weighted by molar-refractivity contribution is 5.85. The van der Waals surface area contributed by atoms with Crippen LogP contribution in [0.3, 0.4) is 0 Å². The van der Waals surface area contributed by atoms with Crippen molar-refractivity contribution in [3.63, 3.8) is 0 Å². The highest BCUT2D eigenvalue weighted by Crippen LogP contribution is 2.35. The van der Waals surface area contributed by atoms with Crippen molar-refractivity contribution < 1.29 is 9.53 Å². The van der Waals surface area contributed by atoms with Crippen LogP contribution < -0.4 is 10.5 Å². The summed E-state index contributed by atoms with van der Waals surface area (Å²) in [5.74, 6) is 1.51. The Morgan fingerprint density at radius 3 is 2.70 bits per heavy atom. The van der Waals surface area contributed by atoms with Crippen molar-refractivity contribution in [3.05, 3.63) is 65.2 Å². The summed E-state index contributed by atoms with van der Waals surface area (Å²) in [4.78, 5) is 11.4. The zero-order chi connectivity index (χ0) is 18.4. The van der Waals surface area contributed by atoms with Crippen molar-refractivity contribution in [1.82, 2.24) is 0 Å². The maximum absolute atomic E-state index is 11.4. The monoisotopic (exact) mass is 387 g/mol. The van der Waals surface area contributed by atoms with Crippen LogP contribution >= 0.6 is 12.4 Å². The van der Waals surface area contributed by atoms with Crippen LogP contribution in [-0.2, 0) is 17.6 Å². The Kier molecular flexibility index (Phi) is 8.33. The first-order valence-electron chi connectivity index (χ1n) is 9.74. The van der Waals surface area contributed by atoms with Crippen LogP contribution in [0.1, 0.15) is 55.2 Å². The SMILES string of the molecule is CCC(=O)CCCOc1ccc2c(c1)C(Cc1ccccc1)C(N)CC2.Cl. The molecule has 4 heteroatoms. The molecule has 2 aromatic rings. The summed E-state index contributed by atoms with van der Waals surface area (Å²) in [5, 5.41) is 0. The molecule has 2 atom stereocenters. The number of ether oxygens (including phenoxy) is 1. The Hall–Kier alpha value is -1.84. The van der Waals surface area contributed by atoms with Gasteiger partial charge in [0.1, 0.15) is 11.5 Å². The Bertz CT molecular complexity index is 732. The number of Topliss-reactive ketones (excluding diaryl/α,β-unsaturated/α-hetero) is 1. The molecule has 0 aliphatic heterocycles. The van der Waals surface area contributed by atoms with E-state index >= 15 is 0 Å². The number of benzene rings is 2. The predicted octanol–water partition coefficient (Wildman–Crippen LogP) is 4.85. The van der Waals surface area contributed by atoms with Gasteiger partial charge in [-0.05, 0) is 54.5 Å². The zero-order valence-electron chi connectivity index (χ0n) is 16.0. The van der Waals surface area contributed by atoms with Gasteiger partial charge in [0.05, 0.1) is 6.61 Å². The first-order valence-corrected chi connectivity index (χ1v) is 9.74. The van der Waals surface area contributed by atoms with E-state index < -0.39 is 0 Å². The molecule has 1 aliphatic carbocycles. The maximum Gasteiger partial charge on any atom is 0.132 e. The van der Waals surface area contributed by atoms with Gasteiger partial charge in [0, 0.05) is 24.8 Å². The lowest BCUT2D eigenvalue weighted by Gasteiger charge is -2.32. The summed E-state index contributed by atoms with van der Waals surface area (Å²) in [6.07, 6.45) is 5.01. The van der Waals surface area contributed by atoms with Crippen molar-refractivity contribution >= 4 is 18.2 Å². The first kappa shape index (κ1) is 21.5. The van der Waals surface area contributed by atoms with Gasteiger partial charge in [-0.3, -0.25) is 4.79 Å². The molecule has 0 fully saturated rings. The molecule has 3 nitrogen and oxygen atoms in total. The second-order valence-corrected chi connectivity index (χ2v) is 7.20. The summed E-state index contributed by atoms with van der Waals surface area (Å²) < 4.78 is 5.91. The number of halogens is 1. The minimum Gasteiger partial charge on any atom is -0.494 e. The average molecular weight is 388 g/mol. The van der Waals surface area contributed by atoms with Crippen LogP contribution in [0.25, 0.3) is 0 Å². The summed E-state index contributed by atoms with van der Waals surface area (Å²) in [6, 6.07) is 17.2. The minimum atomic E-state index is 0. The van der Waals surface area contributed by atoms with Gasteiger partial charge < -0.3 is 10.5 Å². The van der Waals surface area contributed by atoms with Gasteiger partial charge in [-0.1, -0.05) is 43.3 Å². The number of ketones is 1. The van der Waals surface area contributed by atoms with Crippen molar-refractivity contribution in [1.29, 1.82) is 0 Å². The van der Waals surface area contributed by atoms with Crippen molar-refractivity contribution in [2.24, 2.45) is 5.73 Å². The lowest BCUT2D eigenvalue weighted by Crippen LogP contribution is -2.34. The first-order chi connectivity index (χ1) is 12.7. The molecule has 27 heavy (non-hydrogen) atoms. The molecule has 2 aromatic carbocycles. The molecule has 0 radical (unpaired) electrons. The van der Waals surface area contributed by atoms with Crippen molar-refractivity contribution in [2.45, 2.75) is 57.4 Å². The van der Waals surface area contributed by atoms with Gasteiger partial charge in [0.15, 0.2) is 0 Å². The highest BCUT2D eigenvalue weighted by atomic mass is 35.5. The number of fused-ring (bicyclic) bond motifs is 1. The third-order valence-corrected chi connectivity index (χ3v) is 5.34. The number of carbonyl (C=O) groups excluding carboxylic acids is 1. The molecule has 0 saturated heterocycles. The maximum atomic E-state index is 11.4. The van der Waals surface area contributed by atoms with E-state index in [1.165, 1.54) is 16.7 Å². The van der Waals surface area contributed by atoms with E-state index in [4.69, 9.17) is 10.5 Å². The number of rotatable bonds is 8. The van der Waals surface area contributed by atoms with Crippen LogP contribution in [0.2, 0.25) is 0 Å². The highest BCUT2D eigenvalue weighted by Gasteiger charge is 2.27. The fraction of sp³-hybridized carbons (Fsp3) is 0.435. The normalized spacial score (nSPS) is 18.3. The standard InChI is InChI=1S/C23H29NO2.ClH/c1-2-19(25)9-6-14-26-20-12-10-18-11-13-23(24)22(21(18)16-20)15-17-7-4-3-5-8-17;/h3-5,7-8,10,12,16,22-23H,2,6,9,11,13-15,24H2,1H3;1H. The topological polar surface area (TPSA) is 52.3 Å². The zero-order valence-corrected chi connectivity index (χ0v) is 16.8. The molecule has 2 N–H and O–H groups in total. The van der Waals surface area contributed by atoms with Crippen LogP contribution in [0.15, 0.2) is 48.5 Å². The van der Waals surface area contributed by atoms with Gasteiger partial charge in [0.2, 0.25) is 0 Å². The minimum absolute atomic E-state index is 0. The molecule has 0 saturated carbocycles. The number of hydrogen-bond acceptors (Lipinski definition) is 3. The third-order valence-electron chi connectivity index (χ3n) is 5.34. The summed E-state index contributed by atoms with van der Waals surface area (Å²) in [6.45, 7) is 2.49. The molecule has 2 unspecified atom stereocenters. The number of hydrogen-bond donors (Lipinski definition) is 1. The fourth-order valence-corrected chi connectivity index (χ4v) is 3.76. The van der Waals surface area contributed by atoms with E-state index in [0.717, 1.165) is 31.4 Å². The number of aryl methyl sites for hydroxylation is 1. The van der Waals surface area contributed by atoms with E-state index in [1.54, 1.807) is 0 Å². The van der Waals surface area contributed by atoms with E-state index in [1.807, 2.05) is 13.0 Å². The smallest absolute Gasteiger partial charge is 0.132 e. The average Bonchev–Trinajstić information content (AvgIpc) is 2.68. The van der Waals surface area contributed by atoms with E-state index in [-0.39, 0.29) is 18.4 Å². The van der Waals surface area contributed by atoms with Gasteiger partial charge in [0.25, 0.3) is 0 Å². The van der Waals surface area contributed by atoms with Gasteiger partial charge in [-0.2, -0.15) is 0 Å². The Labute approximate surface area is 168 Å². The molecular weight excluding hydrogens is 358 g/mol. The molecule has 3 rings (SSSR count). The number of nitrogens with two attached hydrogens (primary N) is 1. The van der Waals surface area contributed by atoms with Gasteiger partial charge in [-0.15, -0.1) is 12.4 Å². The quantitative estimate of drug-likeness (QED) is 0.659. The lowest BCUT2D eigenvalue weighted by molar-refractivity contribution is -0.118. The molecule has 1 aliphatic rings. The predicted molar refractivity (Wildman–Crippen MR) is 113 cm³/mol. The van der Waals surface area contributed by atoms with Gasteiger partial charge >= 0.3 is 0 Å². The molecule has 0 bridgehead atoms. The second kappa shape index (κ2) is 10.5. The van der Waals surface area contributed by atoms with Crippen LogP contribution in [0.4, 0.5) is 0 Å². The fourth-order valence-electron chi connectivity index (χ4n) is 3.76. The van der Waals surface area contributed by atoms with Crippen molar-refractivity contribution in [3.8, 4) is 5.75 Å². The second-order valence-electron chi connectivity index (χ2n) is 7.20. The lowest BCUT2D eigenvalue weighted by atomic mass is 9.76. The number of carbonyl (C=O) groups is 1. The molecular formula is C23H30ClNO2. The van der Waals surface area contributed by atoms with Crippen LogP contribution in [-0.4, -0.2) is 18.4 Å². The summed E-state index contributed by atoms with van der Waals surface area (Å²) in [7, 11) is 0.